The van der Waals surface area contributed by atoms with Crippen molar-refractivity contribution in [2.75, 3.05) is 16.0 Å². The standard InChI is InChI=1S/C21H19ClN4O2/c1-13-18(22)4-3-5-19(13)26-21(28)20-11-10-17(12-23-20)25-16-8-6-15(7-9-16)24-14(2)27/h3-12,25H,1-2H3,(H,24,27)(H,26,28). The fraction of sp³-hybridized carbons (Fsp3) is 0.0952. The zero-order valence-electron chi connectivity index (χ0n) is 15.4. The fourth-order valence-corrected chi connectivity index (χ4v) is 2.71. The van der Waals surface area contributed by atoms with Crippen LogP contribution in [0.3, 0.4) is 0 Å². The van der Waals surface area contributed by atoms with Crippen LogP contribution in [0.4, 0.5) is 22.7 Å². The smallest absolute Gasteiger partial charge is 0.274 e. The average molecular weight is 395 g/mol. The van der Waals surface area contributed by atoms with E-state index in [2.05, 4.69) is 20.9 Å². The van der Waals surface area contributed by atoms with Crippen LogP contribution >= 0.6 is 11.6 Å². The van der Waals surface area contributed by atoms with Crippen LogP contribution in [0.2, 0.25) is 5.02 Å². The van der Waals surface area contributed by atoms with Gasteiger partial charge in [-0.25, -0.2) is 4.98 Å². The van der Waals surface area contributed by atoms with E-state index < -0.39 is 0 Å². The van der Waals surface area contributed by atoms with E-state index in [0.717, 1.165) is 22.6 Å². The molecule has 7 heteroatoms. The molecule has 0 radical (unpaired) electrons. The van der Waals surface area contributed by atoms with Crippen LogP contribution in [0.1, 0.15) is 23.0 Å². The van der Waals surface area contributed by atoms with Crippen LogP contribution in [0.5, 0.6) is 0 Å². The van der Waals surface area contributed by atoms with Crippen molar-refractivity contribution >= 4 is 46.2 Å². The van der Waals surface area contributed by atoms with E-state index in [1.54, 1.807) is 48.7 Å². The highest BCUT2D eigenvalue weighted by molar-refractivity contribution is 6.31. The van der Waals surface area contributed by atoms with Crippen molar-refractivity contribution in [1.29, 1.82) is 0 Å². The molecule has 0 spiro atoms. The first-order chi connectivity index (χ1) is 13.4. The number of halogens is 1. The molecule has 0 fully saturated rings. The third kappa shape index (κ3) is 4.86. The number of carbonyl (C=O) groups is 2. The maximum Gasteiger partial charge on any atom is 0.274 e. The third-order valence-corrected chi connectivity index (χ3v) is 4.42. The van der Waals surface area contributed by atoms with Crippen LogP contribution in [0.25, 0.3) is 0 Å². The van der Waals surface area contributed by atoms with Crippen molar-refractivity contribution in [3.8, 4) is 0 Å². The van der Waals surface area contributed by atoms with E-state index in [1.165, 1.54) is 6.92 Å². The summed E-state index contributed by atoms with van der Waals surface area (Å²) >= 11 is 6.08. The van der Waals surface area contributed by atoms with Crippen LogP contribution in [0, 0.1) is 6.92 Å². The minimum Gasteiger partial charge on any atom is -0.354 e. The molecule has 3 aromatic rings. The molecule has 0 saturated carbocycles. The van der Waals surface area contributed by atoms with Crippen LogP contribution < -0.4 is 16.0 Å². The molecular weight excluding hydrogens is 376 g/mol. The van der Waals surface area contributed by atoms with E-state index in [4.69, 9.17) is 11.6 Å². The van der Waals surface area contributed by atoms with Crippen LogP contribution in [-0.4, -0.2) is 16.8 Å². The van der Waals surface area contributed by atoms with Gasteiger partial charge >= 0.3 is 0 Å². The van der Waals surface area contributed by atoms with E-state index >= 15 is 0 Å². The van der Waals surface area contributed by atoms with Gasteiger partial charge in [0.25, 0.3) is 5.91 Å². The molecule has 0 aliphatic heterocycles. The molecule has 28 heavy (non-hydrogen) atoms. The summed E-state index contributed by atoms with van der Waals surface area (Å²) in [4.78, 5) is 27.7. The van der Waals surface area contributed by atoms with Crippen molar-refractivity contribution in [2.24, 2.45) is 0 Å². The molecular formula is C21H19ClN4O2. The van der Waals surface area contributed by atoms with E-state index in [-0.39, 0.29) is 11.8 Å². The van der Waals surface area contributed by atoms with Crippen molar-refractivity contribution in [1.82, 2.24) is 4.98 Å². The van der Waals surface area contributed by atoms with Crippen molar-refractivity contribution in [3.63, 3.8) is 0 Å². The first-order valence-electron chi connectivity index (χ1n) is 8.59. The van der Waals surface area contributed by atoms with E-state index in [0.29, 0.717) is 16.4 Å². The van der Waals surface area contributed by atoms with Gasteiger partial charge in [-0.15, -0.1) is 0 Å². The number of hydrogen-bond donors (Lipinski definition) is 3. The van der Waals surface area contributed by atoms with Gasteiger partial charge in [-0.2, -0.15) is 0 Å². The number of aromatic nitrogens is 1. The molecule has 1 aromatic heterocycles. The maximum atomic E-state index is 12.4. The molecule has 142 valence electrons. The quantitative estimate of drug-likeness (QED) is 0.568. The molecule has 0 atom stereocenters. The summed E-state index contributed by atoms with van der Waals surface area (Å²) in [5, 5.41) is 9.31. The highest BCUT2D eigenvalue weighted by atomic mass is 35.5. The summed E-state index contributed by atoms with van der Waals surface area (Å²) in [6.45, 7) is 3.30. The number of benzene rings is 2. The lowest BCUT2D eigenvalue weighted by atomic mass is 10.2. The molecule has 3 rings (SSSR count). The Morgan fingerprint density at radius 1 is 0.893 bits per heavy atom. The minimum atomic E-state index is -0.309. The Morgan fingerprint density at radius 3 is 2.21 bits per heavy atom. The summed E-state index contributed by atoms with van der Waals surface area (Å²) < 4.78 is 0. The molecule has 0 bridgehead atoms. The Labute approximate surface area is 168 Å². The summed E-state index contributed by atoms with van der Waals surface area (Å²) in [6.07, 6.45) is 1.58. The number of hydrogen-bond acceptors (Lipinski definition) is 4. The van der Waals surface area contributed by atoms with Gasteiger partial charge in [0.2, 0.25) is 5.91 Å². The van der Waals surface area contributed by atoms with Gasteiger partial charge in [0, 0.05) is 29.0 Å². The minimum absolute atomic E-state index is 0.119. The lowest BCUT2D eigenvalue weighted by Gasteiger charge is -2.10. The lowest BCUT2D eigenvalue weighted by molar-refractivity contribution is -0.114. The van der Waals surface area contributed by atoms with Crippen molar-refractivity contribution < 1.29 is 9.59 Å². The summed E-state index contributed by atoms with van der Waals surface area (Å²) in [5.41, 5.74) is 4.05. The number of rotatable bonds is 5. The highest BCUT2D eigenvalue weighted by Gasteiger charge is 2.10. The van der Waals surface area contributed by atoms with Gasteiger partial charge in [0.15, 0.2) is 0 Å². The number of nitrogens with zero attached hydrogens (tertiary/aromatic N) is 1. The van der Waals surface area contributed by atoms with Gasteiger partial charge in [-0.1, -0.05) is 17.7 Å². The second-order valence-electron chi connectivity index (χ2n) is 6.18. The van der Waals surface area contributed by atoms with E-state index in [9.17, 15) is 9.59 Å². The predicted octanol–water partition coefficient (Wildman–Crippen LogP) is 5.00. The van der Waals surface area contributed by atoms with Gasteiger partial charge in [-0.3, -0.25) is 9.59 Å². The molecule has 3 N–H and O–H groups in total. The largest absolute Gasteiger partial charge is 0.354 e. The van der Waals surface area contributed by atoms with Crippen LogP contribution in [-0.2, 0) is 4.79 Å². The Balaban J connectivity index is 1.65. The number of anilines is 4. The third-order valence-electron chi connectivity index (χ3n) is 4.01. The predicted molar refractivity (Wildman–Crippen MR) is 112 cm³/mol. The van der Waals surface area contributed by atoms with Crippen LogP contribution in [0.15, 0.2) is 60.8 Å². The SMILES string of the molecule is CC(=O)Nc1ccc(Nc2ccc(C(=O)Nc3cccc(Cl)c3C)nc2)cc1. The number of amides is 2. The fourth-order valence-electron chi connectivity index (χ4n) is 2.54. The second kappa shape index (κ2) is 8.54. The first kappa shape index (κ1) is 19.4. The highest BCUT2D eigenvalue weighted by Crippen LogP contribution is 2.23. The lowest BCUT2D eigenvalue weighted by Crippen LogP contribution is -2.14. The summed E-state index contributed by atoms with van der Waals surface area (Å²) in [7, 11) is 0. The molecule has 6 nitrogen and oxygen atoms in total. The Kier molecular flexibility index (Phi) is 5.91. The molecule has 0 aliphatic carbocycles. The Hall–Kier alpha value is -3.38. The topological polar surface area (TPSA) is 83.1 Å². The number of pyridine rings is 1. The molecule has 2 aromatic carbocycles. The number of carbonyl (C=O) groups excluding carboxylic acids is 2. The van der Waals surface area contributed by atoms with Crippen molar-refractivity contribution in [2.45, 2.75) is 13.8 Å². The van der Waals surface area contributed by atoms with Crippen molar-refractivity contribution in [3.05, 3.63) is 77.1 Å². The average Bonchev–Trinajstić information content (AvgIpc) is 2.67. The monoisotopic (exact) mass is 394 g/mol. The Bertz CT molecular complexity index is 1000. The van der Waals surface area contributed by atoms with E-state index in [1.807, 2.05) is 19.1 Å². The Morgan fingerprint density at radius 2 is 1.57 bits per heavy atom. The van der Waals surface area contributed by atoms with Gasteiger partial charge in [0.05, 0.1) is 11.9 Å². The molecule has 0 saturated heterocycles. The van der Waals surface area contributed by atoms with Gasteiger partial charge in [-0.05, 0) is 61.0 Å². The molecule has 0 aliphatic rings. The maximum absolute atomic E-state index is 12.4. The summed E-state index contributed by atoms with van der Waals surface area (Å²) in [5.74, 6) is -0.427. The zero-order valence-corrected chi connectivity index (χ0v) is 16.2. The second-order valence-corrected chi connectivity index (χ2v) is 6.59. The molecule has 0 unspecified atom stereocenters. The molecule has 2 amide bonds. The normalized spacial score (nSPS) is 10.2. The molecule has 1 heterocycles. The first-order valence-corrected chi connectivity index (χ1v) is 8.97. The summed E-state index contributed by atoms with van der Waals surface area (Å²) in [6, 6.07) is 16.0. The number of nitrogens with one attached hydrogen (secondary N) is 3. The zero-order chi connectivity index (χ0) is 20.1. The van der Waals surface area contributed by atoms with Gasteiger partial charge < -0.3 is 16.0 Å². The van der Waals surface area contributed by atoms with Gasteiger partial charge in [0.1, 0.15) is 5.69 Å².